The predicted molar refractivity (Wildman–Crippen MR) is 122 cm³/mol. The zero-order chi connectivity index (χ0) is 21.3. The van der Waals surface area contributed by atoms with E-state index in [4.69, 9.17) is 4.74 Å². The molecule has 3 rings (SSSR count). The van der Waals surface area contributed by atoms with E-state index in [1.165, 1.54) is 37.4 Å². The summed E-state index contributed by atoms with van der Waals surface area (Å²) >= 11 is 0. The number of hydrogen-bond donors (Lipinski definition) is 1. The number of hydrogen-bond acceptors (Lipinski definition) is 4. The van der Waals surface area contributed by atoms with Gasteiger partial charge in [-0.1, -0.05) is 43.2 Å². The van der Waals surface area contributed by atoms with Gasteiger partial charge in [-0.05, 0) is 61.6 Å². The number of ether oxygens (including phenoxy) is 1. The van der Waals surface area contributed by atoms with Crippen LogP contribution in [0, 0.1) is 13.8 Å². The van der Waals surface area contributed by atoms with Crippen LogP contribution in [0.2, 0.25) is 0 Å². The summed E-state index contributed by atoms with van der Waals surface area (Å²) in [6.07, 6.45) is 8.16. The lowest BCUT2D eigenvalue weighted by Gasteiger charge is -2.22. The number of amides is 1. The van der Waals surface area contributed by atoms with E-state index >= 15 is 0 Å². The smallest absolute Gasteiger partial charge is 0.331 e. The highest BCUT2D eigenvalue weighted by Gasteiger charge is 2.10. The van der Waals surface area contributed by atoms with Gasteiger partial charge in [0.15, 0.2) is 6.61 Å². The van der Waals surface area contributed by atoms with E-state index in [1.807, 2.05) is 44.2 Å². The fraction of sp³-hybridized carbons (Fsp3) is 0.360. The average molecular weight is 407 g/mol. The maximum absolute atomic E-state index is 12.1. The van der Waals surface area contributed by atoms with E-state index in [0.29, 0.717) is 0 Å². The number of nitrogens with zero attached hydrogens (tertiary/aromatic N) is 1. The summed E-state index contributed by atoms with van der Waals surface area (Å²) in [6, 6.07) is 14.0. The van der Waals surface area contributed by atoms with Gasteiger partial charge in [-0.2, -0.15) is 0 Å². The summed E-state index contributed by atoms with van der Waals surface area (Å²) < 4.78 is 5.06. The largest absolute Gasteiger partial charge is 0.452 e. The van der Waals surface area contributed by atoms with Crippen molar-refractivity contribution in [1.82, 2.24) is 0 Å². The second-order valence-corrected chi connectivity index (χ2v) is 7.75. The van der Waals surface area contributed by atoms with Crippen LogP contribution >= 0.6 is 0 Å². The molecule has 1 N–H and O–H groups in total. The van der Waals surface area contributed by atoms with Crippen LogP contribution in [-0.4, -0.2) is 31.6 Å². The van der Waals surface area contributed by atoms with Crippen LogP contribution in [0.3, 0.4) is 0 Å². The molecule has 0 bridgehead atoms. The minimum Gasteiger partial charge on any atom is -0.452 e. The van der Waals surface area contributed by atoms with E-state index in [-0.39, 0.29) is 12.5 Å². The third-order valence-corrected chi connectivity index (χ3v) is 5.37. The van der Waals surface area contributed by atoms with Crippen molar-refractivity contribution in [2.45, 2.75) is 39.5 Å². The molecule has 1 saturated heterocycles. The van der Waals surface area contributed by atoms with Crippen molar-refractivity contribution in [3.05, 3.63) is 65.2 Å². The van der Waals surface area contributed by atoms with Gasteiger partial charge in [0.05, 0.1) is 0 Å². The first kappa shape index (κ1) is 21.6. The van der Waals surface area contributed by atoms with E-state index in [9.17, 15) is 9.59 Å². The second-order valence-electron chi connectivity index (χ2n) is 7.75. The van der Waals surface area contributed by atoms with Gasteiger partial charge < -0.3 is 15.0 Å². The lowest BCUT2D eigenvalue weighted by atomic mass is 10.1. The average Bonchev–Trinajstić information content (AvgIpc) is 3.03. The fourth-order valence-electron chi connectivity index (χ4n) is 3.66. The Balaban J connectivity index is 1.47. The Morgan fingerprint density at radius 2 is 1.60 bits per heavy atom. The van der Waals surface area contributed by atoms with E-state index in [0.717, 1.165) is 35.5 Å². The number of para-hydroxylation sites is 1. The van der Waals surface area contributed by atoms with Crippen molar-refractivity contribution in [2.75, 3.05) is 29.9 Å². The highest BCUT2D eigenvalue weighted by molar-refractivity contribution is 5.95. The van der Waals surface area contributed by atoms with Crippen molar-refractivity contribution in [2.24, 2.45) is 0 Å². The minimum absolute atomic E-state index is 0.315. The van der Waals surface area contributed by atoms with E-state index in [2.05, 4.69) is 22.3 Å². The topological polar surface area (TPSA) is 58.6 Å². The second kappa shape index (κ2) is 10.6. The van der Waals surface area contributed by atoms with Gasteiger partial charge in [0.1, 0.15) is 0 Å². The molecule has 0 unspecified atom stereocenters. The molecule has 1 heterocycles. The number of carbonyl (C=O) groups excluding carboxylic acids is 2. The lowest BCUT2D eigenvalue weighted by molar-refractivity contribution is -0.142. The normalized spacial score (nSPS) is 14.4. The molecule has 0 saturated carbocycles. The van der Waals surface area contributed by atoms with E-state index < -0.39 is 5.97 Å². The molecule has 0 radical (unpaired) electrons. The third kappa shape index (κ3) is 6.21. The van der Waals surface area contributed by atoms with Gasteiger partial charge in [-0.3, -0.25) is 4.79 Å². The molecule has 0 spiro atoms. The van der Waals surface area contributed by atoms with Crippen LogP contribution in [-0.2, 0) is 14.3 Å². The maximum atomic E-state index is 12.1. The summed E-state index contributed by atoms with van der Waals surface area (Å²) in [7, 11) is 0. The molecule has 1 aliphatic rings. The molecule has 30 heavy (non-hydrogen) atoms. The maximum Gasteiger partial charge on any atom is 0.331 e. The monoisotopic (exact) mass is 406 g/mol. The van der Waals surface area contributed by atoms with Crippen LogP contribution < -0.4 is 10.2 Å². The Morgan fingerprint density at radius 1 is 0.967 bits per heavy atom. The van der Waals surface area contributed by atoms with Gasteiger partial charge >= 0.3 is 5.97 Å². The zero-order valence-electron chi connectivity index (χ0n) is 17.8. The summed E-state index contributed by atoms with van der Waals surface area (Å²) in [5, 5.41) is 2.80. The van der Waals surface area contributed by atoms with Crippen molar-refractivity contribution < 1.29 is 14.3 Å². The molecule has 0 aliphatic carbocycles. The summed E-state index contributed by atoms with van der Waals surface area (Å²) in [6.45, 7) is 5.74. The molecule has 2 aromatic carbocycles. The van der Waals surface area contributed by atoms with Gasteiger partial charge in [0.2, 0.25) is 0 Å². The number of benzene rings is 2. The summed E-state index contributed by atoms with van der Waals surface area (Å²) in [5.74, 6) is -0.890. The van der Waals surface area contributed by atoms with Crippen LogP contribution in [0.25, 0.3) is 6.08 Å². The molecule has 5 heteroatoms. The first-order valence-corrected chi connectivity index (χ1v) is 10.6. The van der Waals surface area contributed by atoms with Crippen LogP contribution in [0.15, 0.2) is 48.5 Å². The molecule has 5 nitrogen and oxygen atoms in total. The number of rotatable bonds is 6. The van der Waals surface area contributed by atoms with Crippen molar-refractivity contribution in [3.63, 3.8) is 0 Å². The van der Waals surface area contributed by atoms with Crippen LogP contribution in [0.1, 0.15) is 42.4 Å². The third-order valence-electron chi connectivity index (χ3n) is 5.37. The highest BCUT2D eigenvalue weighted by Crippen LogP contribution is 2.21. The molecule has 1 fully saturated rings. The van der Waals surface area contributed by atoms with Gasteiger partial charge in [-0.15, -0.1) is 0 Å². The lowest BCUT2D eigenvalue weighted by Crippen LogP contribution is -2.23. The number of carbonyl (C=O) groups is 2. The predicted octanol–water partition coefficient (Wildman–Crippen LogP) is 4.88. The van der Waals surface area contributed by atoms with Crippen molar-refractivity contribution in [1.29, 1.82) is 0 Å². The molecular formula is C25H30N2O3. The standard InChI is InChI=1S/C25H30N2O3/c1-19-8-7-9-20(2)25(19)26-23(28)18-30-24(29)15-12-21-10-13-22(14-11-21)27-16-5-3-4-6-17-27/h7-15H,3-6,16-18H2,1-2H3,(H,26,28)/b15-12+. The minimum atomic E-state index is -0.539. The first-order valence-electron chi connectivity index (χ1n) is 10.6. The first-order chi connectivity index (χ1) is 14.5. The Hall–Kier alpha value is -3.08. The number of esters is 1. The summed E-state index contributed by atoms with van der Waals surface area (Å²) in [4.78, 5) is 26.5. The van der Waals surface area contributed by atoms with Crippen LogP contribution in [0.5, 0.6) is 0 Å². The Kier molecular flexibility index (Phi) is 7.66. The molecule has 0 atom stereocenters. The van der Waals surface area contributed by atoms with Gasteiger partial charge in [-0.25, -0.2) is 4.79 Å². The Morgan fingerprint density at radius 3 is 2.23 bits per heavy atom. The Labute approximate surface area is 178 Å². The van der Waals surface area contributed by atoms with Crippen molar-refractivity contribution >= 4 is 29.3 Å². The summed E-state index contributed by atoms with van der Waals surface area (Å²) in [5.41, 5.74) is 4.85. The number of anilines is 2. The Bertz CT molecular complexity index is 875. The highest BCUT2D eigenvalue weighted by atomic mass is 16.5. The van der Waals surface area contributed by atoms with Gasteiger partial charge in [0, 0.05) is 30.5 Å². The SMILES string of the molecule is Cc1cccc(C)c1NC(=O)COC(=O)/C=C/c1ccc(N2CCCCCC2)cc1. The van der Waals surface area contributed by atoms with E-state index in [1.54, 1.807) is 6.08 Å². The molecule has 1 aliphatic heterocycles. The quantitative estimate of drug-likeness (QED) is 0.549. The molecular weight excluding hydrogens is 376 g/mol. The number of nitrogens with one attached hydrogen (secondary N) is 1. The molecule has 158 valence electrons. The number of aryl methyl sites for hydroxylation is 2. The molecule has 2 aromatic rings. The zero-order valence-corrected chi connectivity index (χ0v) is 17.8. The van der Waals surface area contributed by atoms with Crippen molar-refractivity contribution in [3.8, 4) is 0 Å². The molecule has 0 aromatic heterocycles. The van der Waals surface area contributed by atoms with Gasteiger partial charge in [0.25, 0.3) is 5.91 Å². The molecule has 1 amide bonds. The van der Waals surface area contributed by atoms with Crippen LogP contribution in [0.4, 0.5) is 11.4 Å². The fourth-order valence-corrected chi connectivity index (χ4v) is 3.66.